The lowest BCUT2D eigenvalue weighted by molar-refractivity contribution is -0.139. The first kappa shape index (κ1) is 15.1. The van der Waals surface area contributed by atoms with E-state index < -0.39 is 12.0 Å². The average Bonchev–Trinajstić information content (AvgIpc) is 2.33. The summed E-state index contributed by atoms with van der Waals surface area (Å²) in [7, 11) is 0. The number of nitrogens with zero attached hydrogens (tertiary/aromatic N) is 1. The van der Waals surface area contributed by atoms with Gasteiger partial charge in [-0.1, -0.05) is 26.7 Å². The maximum Gasteiger partial charge on any atom is 0.326 e. The largest absolute Gasteiger partial charge is 0.480 e. The van der Waals surface area contributed by atoms with Crippen molar-refractivity contribution in [3.05, 3.63) is 0 Å². The monoisotopic (exact) mass is 274 g/mol. The molecule has 1 rings (SSSR count). The second-order valence-corrected chi connectivity index (χ2v) is 6.16. The van der Waals surface area contributed by atoms with Crippen LogP contribution in [0.2, 0.25) is 0 Å². The Balaban J connectivity index is 2.46. The van der Waals surface area contributed by atoms with Gasteiger partial charge < -0.3 is 15.3 Å². The van der Waals surface area contributed by atoms with Crippen LogP contribution >= 0.6 is 11.8 Å². The highest BCUT2D eigenvalue weighted by atomic mass is 32.2. The Kier molecular flexibility index (Phi) is 6.32. The van der Waals surface area contributed by atoms with Crippen molar-refractivity contribution in [2.24, 2.45) is 0 Å². The van der Waals surface area contributed by atoms with E-state index in [4.69, 9.17) is 5.11 Å². The lowest BCUT2D eigenvalue weighted by atomic mass is 10.1. The molecule has 0 radical (unpaired) electrons. The fourth-order valence-electron chi connectivity index (χ4n) is 1.91. The summed E-state index contributed by atoms with van der Waals surface area (Å²) in [5.41, 5.74) is 0. The van der Waals surface area contributed by atoms with Crippen LogP contribution < -0.4 is 5.32 Å². The Bertz CT molecular complexity index is 299. The van der Waals surface area contributed by atoms with Gasteiger partial charge in [-0.2, -0.15) is 11.8 Å². The quantitative estimate of drug-likeness (QED) is 0.801. The van der Waals surface area contributed by atoms with Gasteiger partial charge >= 0.3 is 12.0 Å². The zero-order valence-corrected chi connectivity index (χ0v) is 11.8. The lowest BCUT2D eigenvalue weighted by Gasteiger charge is -2.31. The van der Waals surface area contributed by atoms with E-state index in [2.05, 4.69) is 12.2 Å². The van der Waals surface area contributed by atoms with E-state index in [-0.39, 0.29) is 6.03 Å². The molecule has 1 unspecified atom stereocenters. The van der Waals surface area contributed by atoms with E-state index in [0.29, 0.717) is 24.8 Å². The third kappa shape index (κ3) is 4.76. The smallest absolute Gasteiger partial charge is 0.326 e. The second-order valence-electron chi connectivity index (χ2n) is 4.61. The average molecular weight is 274 g/mol. The number of nitrogens with one attached hydrogen (secondary N) is 1. The highest BCUT2D eigenvalue weighted by Gasteiger charge is 2.25. The van der Waals surface area contributed by atoms with Crippen LogP contribution in [-0.2, 0) is 4.79 Å². The summed E-state index contributed by atoms with van der Waals surface area (Å²) in [5, 5.41) is 12.1. The maximum atomic E-state index is 12.0. The van der Waals surface area contributed by atoms with Gasteiger partial charge in [0.1, 0.15) is 6.04 Å². The Morgan fingerprint density at radius 2 is 2.28 bits per heavy atom. The third-order valence-corrected chi connectivity index (χ3v) is 4.11. The molecular weight excluding hydrogens is 252 g/mol. The summed E-state index contributed by atoms with van der Waals surface area (Å²) in [6.07, 6.45) is 2.23. The summed E-state index contributed by atoms with van der Waals surface area (Å²) >= 11 is 1.84. The summed E-state index contributed by atoms with van der Waals surface area (Å²) in [5.74, 6) is -0.0300. The topological polar surface area (TPSA) is 69.6 Å². The highest BCUT2D eigenvalue weighted by Crippen LogP contribution is 2.17. The van der Waals surface area contributed by atoms with Gasteiger partial charge in [0.15, 0.2) is 0 Å². The Hall–Kier alpha value is -0.910. The molecule has 1 heterocycles. The van der Waals surface area contributed by atoms with Crippen LogP contribution in [0.5, 0.6) is 0 Å². The normalized spacial score (nSPS) is 21.4. The minimum absolute atomic E-state index is 0.245. The molecule has 2 amide bonds. The molecule has 0 aromatic carbocycles. The number of aliphatic carboxylic acids is 1. The van der Waals surface area contributed by atoms with Gasteiger partial charge in [0, 0.05) is 24.1 Å². The number of carboxylic acids is 1. The molecule has 0 bridgehead atoms. The molecule has 1 aliphatic heterocycles. The minimum atomic E-state index is -0.948. The first-order chi connectivity index (χ1) is 8.54. The number of urea groups is 1. The molecule has 0 saturated carbocycles. The third-order valence-electron chi connectivity index (χ3n) is 2.97. The predicted octanol–water partition coefficient (Wildman–Crippen LogP) is 1.78. The van der Waals surface area contributed by atoms with Gasteiger partial charge in [0.05, 0.1) is 0 Å². The molecule has 1 fully saturated rings. The first-order valence-electron chi connectivity index (χ1n) is 6.44. The highest BCUT2D eigenvalue weighted by molar-refractivity contribution is 7.99. The Morgan fingerprint density at radius 1 is 1.56 bits per heavy atom. The molecule has 0 aromatic rings. The molecule has 2 atom stereocenters. The van der Waals surface area contributed by atoms with Crippen LogP contribution in [0, 0.1) is 0 Å². The SMILES string of the molecule is CCCC[C@H](NC(=O)N1CCSC(C)C1)C(=O)O. The van der Waals surface area contributed by atoms with Crippen LogP contribution in [0.25, 0.3) is 0 Å². The molecule has 1 saturated heterocycles. The van der Waals surface area contributed by atoms with E-state index in [1.165, 1.54) is 0 Å². The number of carboxylic acid groups (broad SMARTS) is 1. The number of thioether (sulfide) groups is 1. The number of hydrogen-bond donors (Lipinski definition) is 2. The van der Waals surface area contributed by atoms with Crippen LogP contribution in [0.1, 0.15) is 33.1 Å². The summed E-state index contributed by atoms with van der Waals surface area (Å²) in [6.45, 7) is 5.47. The number of hydrogen-bond acceptors (Lipinski definition) is 3. The maximum absolute atomic E-state index is 12.0. The van der Waals surface area contributed by atoms with Crippen LogP contribution in [0.15, 0.2) is 0 Å². The lowest BCUT2D eigenvalue weighted by Crippen LogP contribution is -2.51. The van der Waals surface area contributed by atoms with Crippen molar-refractivity contribution in [2.75, 3.05) is 18.8 Å². The zero-order valence-electron chi connectivity index (χ0n) is 11.0. The predicted molar refractivity (Wildman–Crippen MR) is 73.0 cm³/mol. The molecule has 0 aliphatic carbocycles. The van der Waals surface area contributed by atoms with Crippen LogP contribution in [0.3, 0.4) is 0 Å². The van der Waals surface area contributed by atoms with Crippen molar-refractivity contribution in [1.29, 1.82) is 0 Å². The summed E-state index contributed by atoms with van der Waals surface area (Å²) in [6, 6.07) is -1.01. The molecule has 2 N–H and O–H groups in total. The molecule has 0 spiro atoms. The first-order valence-corrected chi connectivity index (χ1v) is 7.49. The van der Waals surface area contributed by atoms with Gasteiger partial charge in [-0.15, -0.1) is 0 Å². The number of carbonyl (C=O) groups is 2. The fourth-order valence-corrected chi connectivity index (χ4v) is 2.92. The van der Waals surface area contributed by atoms with Crippen molar-refractivity contribution in [2.45, 2.75) is 44.4 Å². The van der Waals surface area contributed by atoms with Crippen molar-refractivity contribution in [1.82, 2.24) is 10.2 Å². The van der Waals surface area contributed by atoms with Crippen molar-refractivity contribution in [3.63, 3.8) is 0 Å². The number of unbranched alkanes of at least 4 members (excludes halogenated alkanes) is 1. The number of amides is 2. The molecule has 0 aromatic heterocycles. The molecule has 18 heavy (non-hydrogen) atoms. The van der Waals surface area contributed by atoms with Crippen molar-refractivity contribution >= 4 is 23.8 Å². The van der Waals surface area contributed by atoms with Crippen LogP contribution in [0.4, 0.5) is 4.79 Å². The Labute approximate surface area is 112 Å². The van der Waals surface area contributed by atoms with Crippen molar-refractivity contribution in [3.8, 4) is 0 Å². The molecule has 1 aliphatic rings. The van der Waals surface area contributed by atoms with E-state index in [1.54, 1.807) is 4.90 Å². The molecule has 104 valence electrons. The number of carbonyl (C=O) groups excluding carboxylic acids is 1. The van der Waals surface area contributed by atoms with Crippen LogP contribution in [-0.4, -0.2) is 52.1 Å². The summed E-state index contributed by atoms with van der Waals surface area (Å²) in [4.78, 5) is 24.7. The Morgan fingerprint density at radius 3 is 2.83 bits per heavy atom. The van der Waals surface area contributed by atoms with Gasteiger partial charge in [-0.3, -0.25) is 0 Å². The minimum Gasteiger partial charge on any atom is -0.480 e. The van der Waals surface area contributed by atoms with E-state index in [1.807, 2.05) is 18.7 Å². The zero-order chi connectivity index (χ0) is 13.5. The molecule has 6 heteroatoms. The van der Waals surface area contributed by atoms with Gasteiger partial charge in [-0.25, -0.2) is 9.59 Å². The standard InChI is InChI=1S/C12H22N2O3S/c1-3-4-5-10(11(15)16)13-12(17)14-6-7-18-9(2)8-14/h9-10H,3-8H2,1-2H3,(H,13,17)(H,15,16)/t9?,10-/m0/s1. The van der Waals surface area contributed by atoms with E-state index in [9.17, 15) is 9.59 Å². The second kappa shape index (κ2) is 7.51. The van der Waals surface area contributed by atoms with Gasteiger partial charge in [0.2, 0.25) is 0 Å². The van der Waals surface area contributed by atoms with Crippen molar-refractivity contribution < 1.29 is 14.7 Å². The van der Waals surface area contributed by atoms with E-state index >= 15 is 0 Å². The molecule has 5 nitrogen and oxygen atoms in total. The number of rotatable bonds is 5. The molecular formula is C12H22N2O3S. The van der Waals surface area contributed by atoms with Gasteiger partial charge in [0.25, 0.3) is 0 Å². The van der Waals surface area contributed by atoms with Gasteiger partial charge in [-0.05, 0) is 6.42 Å². The summed E-state index contributed by atoms with van der Waals surface area (Å²) < 4.78 is 0. The fraction of sp³-hybridized carbons (Fsp3) is 0.833. The van der Waals surface area contributed by atoms with E-state index in [0.717, 1.165) is 18.6 Å².